The third-order valence-electron chi connectivity index (χ3n) is 4.57. The Morgan fingerprint density at radius 3 is 2.34 bits per heavy atom. The summed E-state index contributed by atoms with van der Waals surface area (Å²) in [4.78, 5) is 25.5. The number of fused-ring (bicyclic) bond motifs is 1. The Balaban J connectivity index is 1.40. The van der Waals surface area contributed by atoms with Crippen molar-refractivity contribution in [2.24, 2.45) is 0 Å². The maximum atomic E-state index is 12.8. The van der Waals surface area contributed by atoms with Crippen molar-refractivity contribution in [3.05, 3.63) is 82.7 Å². The van der Waals surface area contributed by atoms with Crippen LogP contribution in [0.5, 0.6) is 11.5 Å². The predicted molar refractivity (Wildman–Crippen MR) is 128 cm³/mol. The molecular formula is C24H19ClN2O4S. The molecule has 162 valence electrons. The molecular weight excluding hydrogens is 448 g/mol. The van der Waals surface area contributed by atoms with Crippen molar-refractivity contribution in [2.45, 2.75) is 0 Å². The number of methoxy groups -OCH3 is 1. The second-order valence-electron chi connectivity index (χ2n) is 6.76. The van der Waals surface area contributed by atoms with Crippen LogP contribution in [-0.4, -0.2) is 25.5 Å². The van der Waals surface area contributed by atoms with Gasteiger partial charge in [-0.2, -0.15) is 0 Å². The molecule has 0 spiro atoms. The second kappa shape index (κ2) is 9.72. The molecule has 0 radical (unpaired) electrons. The summed E-state index contributed by atoms with van der Waals surface area (Å²) in [6, 6.07) is 21.5. The Hall–Kier alpha value is -3.55. The quantitative estimate of drug-likeness (QED) is 0.359. The van der Waals surface area contributed by atoms with Gasteiger partial charge in [-0.15, -0.1) is 11.3 Å². The monoisotopic (exact) mass is 466 g/mol. The second-order valence-corrected chi connectivity index (χ2v) is 8.19. The van der Waals surface area contributed by atoms with Crippen LogP contribution < -0.4 is 20.1 Å². The van der Waals surface area contributed by atoms with Crippen LogP contribution in [0.15, 0.2) is 72.8 Å². The third kappa shape index (κ3) is 4.85. The number of carbonyl (C=O) groups is 2. The van der Waals surface area contributed by atoms with Gasteiger partial charge in [0.1, 0.15) is 4.88 Å². The van der Waals surface area contributed by atoms with Gasteiger partial charge in [0.25, 0.3) is 11.8 Å². The minimum Gasteiger partial charge on any atom is -0.493 e. The van der Waals surface area contributed by atoms with Crippen molar-refractivity contribution in [2.75, 3.05) is 24.4 Å². The molecule has 2 N–H and O–H groups in total. The summed E-state index contributed by atoms with van der Waals surface area (Å²) >= 11 is 7.73. The highest BCUT2D eigenvalue weighted by atomic mass is 35.5. The lowest BCUT2D eigenvalue weighted by Gasteiger charge is -2.11. The summed E-state index contributed by atoms with van der Waals surface area (Å²) in [6.07, 6.45) is 0. The summed E-state index contributed by atoms with van der Waals surface area (Å²) < 4.78 is 11.7. The molecule has 0 saturated heterocycles. The van der Waals surface area contributed by atoms with Crippen LogP contribution in [0.3, 0.4) is 0 Å². The molecule has 0 aliphatic heterocycles. The zero-order valence-electron chi connectivity index (χ0n) is 17.1. The Morgan fingerprint density at radius 1 is 0.906 bits per heavy atom. The average molecular weight is 467 g/mol. The van der Waals surface area contributed by atoms with E-state index in [1.807, 2.05) is 30.3 Å². The van der Waals surface area contributed by atoms with Gasteiger partial charge in [-0.1, -0.05) is 48.0 Å². The van der Waals surface area contributed by atoms with Crippen molar-refractivity contribution in [3.8, 4) is 11.5 Å². The van der Waals surface area contributed by atoms with E-state index in [4.69, 9.17) is 21.1 Å². The number of benzene rings is 3. The first-order valence-corrected chi connectivity index (χ1v) is 10.9. The SMILES string of the molecule is COc1ccccc1OCC(=O)Nc1cccc(NC(=O)c2sc3ccccc3c2Cl)c1. The predicted octanol–water partition coefficient (Wildman–Crippen LogP) is 5.83. The molecule has 6 nitrogen and oxygen atoms in total. The van der Waals surface area contributed by atoms with E-state index in [9.17, 15) is 9.59 Å². The number of hydrogen-bond acceptors (Lipinski definition) is 5. The van der Waals surface area contributed by atoms with E-state index < -0.39 is 0 Å². The normalized spacial score (nSPS) is 10.6. The van der Waals surface area contributed by atoms with Crippen LogP contribution in [0, 0.1) is 0 Å². The summed E-state index contributed by atoms with van der Waals surface area (Å²) in [5.74, 6) is 0.377. The Morgan fingerprint density at radius 2 is 1.59 bits per heavy atom. The number of ether oxygens (including phenoxy) is 2. The molecule has 1 heterocycles. The number of halogens is 1. The van der Waals surface area contributed by atoms with E-state index >= 15 is 0 Å². The fraction of sp³-hybridized carbons (Fsp3) is 0.0833. The highest BCUT2D eigenvalue weighted by Crippen LogP contribution is 2.35. The van der Waals surface area contributed by atoms with Crippen LogP contribution >= 0.6 is 22.9 Å². The van der Waals surface area contributed by atoms with Gasteiger partial charge in [-0.25, -0.2) is 0 Å². The first-order chi connectivity index (χ1) is 15.5. The van der Waals surface area contributed by atoms with Gasteiger partial charge in [0.15, 0.2) is 18.1 Å². The zero-order valence-corrected chi connectivity index (χ0v) is 18.6. The van der Waals surface area contributed by atoms with Gasteiger partial charge in [-0.3, -0.25) is 9.59 Å². The first kappa shape index (κ1) is 21.7. The largest absolute Gasteiger partial charge is 0.493 e. The van der Waals surface area contributed by atoms with Crippen LogP contribution in [-0.2, 0) is 4.79 Å². The van der Waals surface area contributed by atoms with E-state index in [1.54, 1.807) is 42.5 Å². The maximum absolute atomic E-state index is 12.8. The first-order valence-electron chi connectivity index (χ1n) is 9.69. The standard InChI is InChI=1S/C24H19ClN2O4S/c1-30-18-10-3-4-11-19(18)31-14-21(28)26-15-7-6-8-16(13-15)27-24(29)23-22(25)17-9-2-5-12-20(17)32-23/h2-13H,14H2,1H3,(H,26,28)(H,27,29). The Labute approximate surface area is 193 Å². The summed E-state index contributed by atoms with van der Waals surface area (Å²) in [5.41, 5.74) is 1.06. The lowest BCUT2D eigenvalue weighted by Crippen LogP contribution is -2.20. The van der Waals surface area contributed by atoms with Gasteiger partial charge >= 0.3 is 0 Å². The van der Waals surface area contributed by atoms with Crippen LogP contribution in [0.25, 0.3) is 10.1 Å². The molecule has 0 saturated carbocycles. The van der Waals surface area contributed by atoms with E-state index in [2.05, 4.69) is 10.6 Å². The number of anilines is 2. The fourth-order valence-corrected chi connectivity index (χ4v) is 4.51. The third-order valence-corrected chi connectivity index (χ3v) is 6.25. The van der Waals surface area contributed by atoms with Crippen molar-refractivity contribution in [3.63, 3.8) is 0 Å². The Bertz CT molecular complexity index is 1290. The number of rotatable bonds is 7. The molecule has 0 aliphatic rings. The molecule has 3 aromatic carbocycles. The molecule has 4 rings (SSSR count). The summed E-state index contributed by atoms with van der Waals surface area (Å²) in [7, 11) is 1.54. The topological polar surface area (TPSA) is 76.7 Å². The average Bonchev–Trinajstić information content (AvgIpc) is 3.15. The van der Waals surface area contributed by atoms with Crippen LogP contribution in [0.1, 0.15) is 9.67 Å². The zero-order chi connectivity index (χ0) is 22.5. The number of thiophene rings is 1. The molecule has 4 aromatic rings. The van der Waals surface area contributed by atoms with Crippen molar-refractivity contribution < 1.29 is 19.1 Å². The van der Waals surface area contributed by atoms with E-state index in [0.717, 1.165) is 10.1 Å². The van der Waals surface area contributed by atoms with Gasteiger partial charge in [0.05, 0.1) is 12.1 Å². The van der Waals surface area contributed by atoms with Crippen molar-refractivity contribution in [1.82, 2.24) is 0 Å². The maximum Gasteiger partial charge on any atom is 0.267 e. The van der Waals surface area contributed by atoms with Crippen molar-refractivity contribution in [1.29, 1.82) is 0 Å². The summed E-state index contributed by atoms with van der Waals surface area (Å²) in [5, 5.41) is 6.87. The minimum absolute atomic E-state index is 0.186. The lowest BCUT2D eigenvalue weighted by molar-refractivity contribution is -0.118. The van der Waals surface area contributed by atoms with Gasteiger partial charge in [-0.05, 0) is 36.4 Å². The summed E-state index contributed by atoms with van der Waals surface area (Å²) in [6.45, 7) is -0.186. The number of amides is 2. The molecule has 0 aliphatic carbocycles. The molecule has 32 heavy (non-hydrogen) atoms. The highest BCUT2D eigenvalue weighted by Gasteiger charge is 2.17. The van der Waals surface area contributed by atoms with Crippen LogP contribution in [0.4, 0.5) is 11.4 Å². The van der Waals surface area contributed by atoms with E-state index in [-0.39, 0.29) is 18.4 Å². The molecule has 0 atom stereocenters. The molecule has 0 unspecified atom stereocenters. The van der Waals surface area contributed by atoms with E-state index in [0.29, 0.717) is 32.8 Å². The smallest absolute Gasteiger partial charge is 0.267 e. The molecule has 0 bridgehead atoms. The Kier molecular flexibility index (Phi) is 6.58. The lowest BCUT2D eigenvalue weighted by atomic mass is 10.2. The number of carbonyl (C=O) groups excluding carboxylic acids is 2. The number of nitrogens with one attached hydrogen (secondary N) is 2. The fourth-order valence-electron chi connectivity index (χ4n) is 3.10. The molecule has 2 amide bonds. The van der Waals surface area contributed by atoms with Gasteiger partial charge in [0, 0.05) is 21.5 Å². The highest BCUT2D eigenvalue weighted by molar-refractivity contribution is 7.21. The van der Waals surface area contributed by atoms with Gasteiger partial charge < -0.3 is 20.1 Å². The molecule has 1 aromatic heterocycles. The van der Waals surface area contributed by atoms with Gasteiger partial charge in [0.2, 0.25) is 0 Å². The number of para-hydroxylation sites is 2. The van der Waals surface area contributed by atoms with E-state index in [1.165, 1.54) is 18.4 Å². The van der Waals surface area contributed by atoms with Crippen molar-refractivity contribution >= 4 is 56.2 Å². The minimum atomic E-state index is -0.341. The number of hydrogen-bond donors (Lipinski definition) is 2. The van der Waals surface area contributed by atoms with Crippen LogP contribution in [0.2, 0.25) is 5.02 Å². The molecule has 8 heteroatoms. The molecule has 0 fully saturated rings.